The van der Waals surface area contributed by atoms with Gasteiger partial charge in [-0.1, -0.05) is 13.0 Å². The van der Waals surface area contributed by atoms with Gasteiger partial charge in [0, 0.05) is 25.2 Å². The molecule has 8 heteroatoms. The zero-order valence-corrected chi connectivity index (χ0v) is 15.6. The number of carbonyl (C=O) groups is 4. The Morgan fingerprint density at radius 1 is 1.30 bits per heavy atom. The van der Waals surface area contributed by atoms with Crippen LogP contribution in [0.5, 0.6) is 0 Å². The first-order chi connectivity index (χ1) is 12.9. The summed E-state index contributed by atoms with van der Waals surface area (Å²) in [4.78, 5) is 49.2. The van der Waals surface area contributed by atoms with Crippen LogP contribution < -0.4 is 15.5 Å². The summed E-state index contributed by atoms with van der Waals surface area (Å²) in [5, 5.41) is 5.15. The van der Waals surface area contributed by atoms with Gasteiger partial charge in [0.1, 0.15) is 6.04 Å². The highest BCUT2D eigenvalue weighted by Crippen LogP contribution is 2.22. The summed E-state index contributed by atoms with van der Waals surface area (Å²) in [6.45, 7) is 4.15. The van der Waals surface area contributed by atoms with Crippen LogP contribution in [0.4, 0.5) is 5.69 Å². The molecule has 0 bridgehead atoms. The van der Waals surface area contributed by atoms with Crippen molar-refractivity contribution >= 4 is 29.4 Å². The van der Waals surface area contributed by atoms with Crippen molar-refractivity contribution in [2.45, 2.75) is 39.2 Å². The third-order valence-electron chi connectivity index (χ3n) is 4.12. The third kappa shape index (κ3) is 5.80. The number of hydrogen-bond donors (Lipinski definition) is 2. The number of nitrogens with one attached hydrogen (secondary N) is 2. The number of anilines is 1. The maximum absolute atomic E-state index is 12.2. The van der Waals surface area contributed by atoms with Crippen molar-refractivity contribution < 1.29 is 23.9 Å². The van der Waals surface area contributed by atoms with E-state index in [1.165, 1.54) is 0 Å². The van der Waals surface area contributed by atoms with Crippen molar-refractivity contribution in [2.24, 2.45) is 0 Å². The Kier molecular flexibility index (Phi) is 7.34. The first-order valence-corrected chi connectivity index (χ1v) is 9.07. The zero-order chi connectivity index (χ0) is 19.8. The molecule has 1 heterocycles. The maximum atomic E-state index is 12.2. The minimum atomic E-state index is -0.716. The molecule has 0 aromatic heterocycles. The Balaban J connectivity index is 1.85. The van der Waals surface area contributed by atoms with E-state index in [-0.39, 0.29) is 17.4 Å². The molecule has 1 aliphatic rings. The predicted molar refractivity (Wildman–Crippen MR) is 99.2 cm³/mol. The number of nitrogens with zero attached hydrogens (tertiary/aromatic N) is 1. The molecule has 1 aromatic carbocycles. The van der Waals surface area contributed by atoms with E-state index in [1.807, 2.05) is 6.92 Å². The van der Waals surface area contributed by atoms with Gasteiger partial charge in [-0.15, -0.1) is 0 Å². The highest BCUT2D eigenvalue weighted by Gasteiger charge is 2.23. The zero-order valence-electron chi connectivity index (χ0n) is 15.6. The molecule has 2 rings (SSSR count). The Morgan fingerprint density at radius 3 is 2.74 bits per heavy atom. The van der Waals surface area contributed by atoms with Gasteiger partial charge in [0.05, 0.1) is 5.56 Å². The van der Waals surface area contributed by atoms with Gasteiger partial charge in [0.15, 0.2) is 6.61 Å². The quantitative estimate of drug-likeness (QED) is 0.660. The van der Waals surface area contributed by atoms with Gasteiger partial charge in [-0.2, -0.15) is 0 Å². The van der Waals surface area contributed by atoms with Crippen LogP contribution >= 0.6 is 0 Å². The third-order valence-corrected chi connectivity index (χ3v) is 4.12. The average molecular weight is 375 g/mol. The van der Waals surface area contributed by atoms with E-state index in [1.54, 1.807) is 36.1 Å². The number of esters is 1. The van der Waals surface area contributed by atoms with Gasteiger partial charge >= 0.3 is 5.97 Å². The highest BCUT2D eigenvalue weighted by molar-refractivity contribution is 5.98. The van der Waals surface area contributed by atoms with Crippen molar-refractivity contribution in [1.29, 1.82) is 0 Å². The van der Waals surface area contributed by atoms with Crippen LogP contribution in [0.1, 0.15) is 43.5 Å². The number of rotatable bonds is 8. The molecule has 1 aliphatic heterocycles. The second kappa shape index (κ2) is 9.70. The lowest BCUT2D eigenvalue weighted by molar-refractivity contribution is -0.130. The first kappa shape index (κ1) is 20.4. The van der Waals surface area contributed by atoms with Gasteiger partial charge < -0.3 is 20.3 Å². The lowest BCUT2D eigenvalue weighted by Gasteiger charge is -2.16. The molecule has 1 fully saturated rings. The van der Waals surface area contributed by atoms with E-state index in [2.05, 4.69) is 10.6 Å². The van der Waals surface area contributed by atoms with Crippen LogP contribution in [0.3, 0.4) is 0 Å². The number of benzene rings is 1. The molecular formula is C19H25N3O5. The fourth-order valence-electron chi connectivity index (χ4n) is 2.69. The minimum absolute atomic E-state index is 0.0234. The SMILES string of the molecule is CCCNC(=O)[C@H](C)NC(=O)COC(=O)c1cccc(N2CCCC2=O)c1. The first-order valence-electron chi connectivity index (χ1n) is 9.07. The summed E-state index contributed by atoms with van der Waals surface area (Å²) in [5.41, 5.74) is 0.895. The summed E-state index contributed by atoms with van der Waals surface area (Å²) in [5.74, 6) is -1.50. The number of hydrogen-bond acceptors (Lipinski definition) is 5. The molecule has 8 nitrogen and oxygen atoms in total. The van der Waals surface area contributed by atoms with Crippen LogP contribution in [0.2, 0.25) is 0 Å². The van der Waals surface area contributed by atoms with Crippen molar-refractivity contribution in [2.75, 3.05) is 24.6 Å². The number of ether oxygens (including phenoxy) is 1. The summed E-state index contributed by atoms with van der Waals surface area (Å²) >= 11 is 0. The maximum Gasteiger partial charge on any atom is 0.338 e. The van der Waals surface area contributed by atoms with E-state index in [0.717, 1.165) is 12.8 Å². The van der Waals surface area contributed by atoms with Crippen molar-refractivity contribution in [3.63, 3.8) is 0 Å². The van der Waals surface area contributed by atoms with Crippen molar-refractivity contribution in [3.05, 3.63) is 29.8 Å². The molecule has 0 aliphatic carbocycles. The second-order valence-corrected chi connectivity index (χ2v) is 6.36. The van der Waals surface area contributed by atoms with E-state index in [0.29, 0.717) is 25.2 Å². The fourth-order valence-corrected chi connectivity index (χ4v) is 2.69. The monoisotopic (exact) mass is 375 g/mol. The molecule has 1 saturated heterocycles. The van der Waals surface area contributed by atoms with E-state index < -0.39 is 24.5 Å². The molecule has 27 heavy (non-hydrogen) atoms. The Labute approximate surface area is 158 Å². The molecule has 1 atom stereocenters. The van der Waals surface area contributed by atoms with Crippen molar-refractivity contribution in [3.8, 4) is 0 Å². The lowest BCUT2D eigenvalue weighted by Crippen LogP contribution is -2.46. The van der Waals surface area contributed by atoms with Crippen LogP contribution in [0.15, 0.2) is 24.3 Å². The molecule has 0 saturated carbocycles. The Hall–Kier alpha value is -2.90. The minimum Gasteiger partial charge on any atom is -0.452 e. The predicted octanol–water partition coefficient (Wildman–Crippen LogP) is 1.00. The highest BCUT2D eigenvalue weighted by atomic mass is 16.5. The molecule has 0 radical (unpaired) electrons. The average Bonchev–Trinajstić information content (AvgIpc) is 3.10. The van der Waals surface area contributed by atoms with Gasteiger partial charge in [0.2, 0.25) is 11.8 Å². The lowest BCUT2D eigenvalue weighted by atomic mass is 10.2. The van der Waals surface area contributed by atoms with E-state index in [9.17, 15) is 19.2 Å². The molecule has 1 aromatic rings. The van der Waals surface area contributed by atoms with E-state index >= 15 is 0 Å². The number of amides is 3. The summed E-state index contributed by atoms with van der Waals surface area (Å²) < 4.78 is 5.01. The smallest absolute Gasteiger partial charge is 0.338 e. The van der Waals surface area contributed by atoms with Crippen LogP contribution in [0, 0.1) is 0 Å². The Morgan fingerprint density at radius 2 is 2.07 bits per heavy atom. The largest absolute Gasteiger partial charge is 0.452 e. The summed E-state index contributed by atoms with van der Waals surface area (Å²) in [7, 11) is 0. The summed E-state index contributed by atoms with van der Waals surface area (Å²) in [6.07, 6.45) is 2.09. The van der Waals surface area contributed by atoms with E-state index in [4.69, 9.17) is 4.74 Å². The second-order valence-electron chi connectivity index (χ2n) is 6.36. The molecule has 3 amide bonds. The molecule has 0 spiro atoms. The summed E-state index contributed by atoms with van der Waals surface area (Å²) in [6, 6.07) is 5.84. The number of carbonyl (C=O) groups excluding carboxylic acids is 4. The van der Waals surface area contributed by atoms with Gasteiger partial charge in [-0.05, 0) is 38.0 Å². The molecular weight excluding hydrogens is 350 g/mol. The molecule has 146 valence electrons. The standard InChI is InChI=1S/C19H25N3O5/c1-3-9-20-18(25)13(2)21-16(23)12-27-19(26)14-6-4-7-15(11-14)22-10-5-8-17(22)24/h4,6-7,11,13H,3,5,8-10,12H2,1-2H3,(H,20,25)(H,21,23)/t13-/m0/s1. The molecule has 2 N–H and O–H groups in total. The molecule has 0 unspecified atom stereocenters. The van der Waals surface area contributed by atoms with Crippen LogP contribution in [-0.2, 0) is 19.1 Å². The fraction of sp³-hybridized carbons (Fsp3) is 0.474. The topological polar surface area (TPSA) is 105 Å². The van der Waals surface area contributed by atoms with Gasteiger partial charge in [-0.3, -0.25) is 14.4 Å². The van der Waals surface area contributed by atoms with Crippen LogP contribution in [0.25, 0.3) is 0 Å². The van der Waals surface area contributed by atoms with Gasteiger partial charge in [-0.25, -0.2) is 4.79 Å². The van der Waals surface area contributed by atoms with Gasteiger partial charge in [0.25, 0.3) is 5.91 Å². The van der Waals surface area contributed by atoms with Crippen LogP contribution in [-0.4, -0.2) is 49.4 Å². The Bertz CT molecular complexity index is 719. The normalized spacial score (nSPS) is 14.6. The van der Waals surface area contributed by atoms with Crippen molar-refractivity contribution in [1.82, 2.24) is 10.6 Å².